The van der Waals surface area contributed by atoms with E-state index in [2.05, 4.69) is 132 Å². The van der Waals surface area contributed by atoms with E-state index in [-0.39, 0.29) is 77.4 Å². The van der Waals surface area contributed by atoms with Gasteiger partial charge in [0.1, 0.15) is 42.3 Å². The minimum Gasteiger partial charge on any atom is -0.489 e. The van der Waals surface area contributed by atoms with E-state index in [1.807, 2.05) is 0 Å². The molecule has 7 fully saturated rings. The van der Waals surface area contributed by atoms with Gasteiger partial charge in [-0.2, -0.15) is 5.26 Å². The first-order valence-electron chi connectivity index (χ1n) is 24.3. The van der Waals surface area contributed by atoms with Crippen molar-refractivity contribution in [2.75, 3.05) is 45.9 Å². The first kappa shape index (κ1) is 46.7. The summed E-state index contributed by atoms with van der Waals surface area (Å²) in [6.45, 7) is 20.6. The number of ether oxygens (including phenoxy) is 4. The fourth-order valence-corrected chi connectivity index (χ4v) is 15.0. The number of carbonyl (C=O) groups excluding carboxylic acids is 1. The quantitative estimate of drug-likeness (QED) is 0.196. The molecule has 1 amide bonds. The second kappa shape index (κ2) is 18.4. The van der Waals surface area contributed by atoms with Crippen LogP contribution in [-0.2, 0) is 14.3 Å². The second-order valence-electron chi connectivity index (χ2n) is 21.4. The maximum atomic E-state index is 13.8. The van der Waals surface area contributed by atoms with Crippen molar-refractivity contribution >= 4 is 35.0 Å². The average molecular weight is 946 g/mol. The number of thioether (sulfide) groups is 1. The molecular formula is C49H69ClN10O5S. The van der Waals surface area contributed by atoms with Crippen LogP contribution in [0.4, 0.5) is 0 Å². The molecule has 8 aliphatic rings. The van der Waals surface area contributed by atoms with Gasteiger partial charge >= 0.3 is 0 Å². The summed E-state index contributed by atoms with van der Waals surface area (Å²) in [6, 6.07) is 15.9. The Morgan fingerprint density at radius 2 is 1.79 bits per heavy atom. The largest absolute Gasteiger partial charge is 0.489 e. The number of amides is 1. The summed E-state index contributed by atoms with van der Waals surface area (Å²) < 4.78 is 25.8. The van der Waals surface area contributed by atoms with Gasteiger partial charge in [-0.3, -0.25) is 35.5 Å². The molecule has 2 aromatic rings. The number of hydrogen-bond acceptors (Lipinski definition) is 15. The number of rotatable bonds is 10. The Kier molecular flexibility index (Phi) is 13.0. The lowest BCUT2D eigenvalue weighted by molar-refractivity contribution is -0.175. The summed E-state index contributed by atoms with van der Waals surface area (Å²) in [6.07, 6.45) is 3.71. The lowest BCUT2D eigenvalue weighted by Crippen LogP contribution is -2.75. The number of benzene rings is 2. The molecule has 0 aromatic heterocycles. The fraction of sp³-hybridized carbons (Fsp3) is 0.694. The summed E-state index contributed by atoms with van der Waals surface area (Å²) in [5.74, 6) is 2.07. The van der Waals surface area contributed by atoms with Crippen molar-refractivity contribution in [1.82, 2.24) is 41.9 Å². The molecule has 10 atom stereocenters. The summed E-state index contributed by atoms with van der Waals surface area (Å²) in [4.78, 5) is 24.5. The van der Waals surface area contributed by atoms with Gasteiger partial charge in [0.05, 0.1) is 59.1 Å². The Morgan fingerprint density at radius 3 is 2.50 bits per heavy atom. The third-order valence-corrected chi connectivity index (χ3v) is 18.2. The predicted octanol–water partition coefficient (Wildman–Crippen LogP) is 4.61. The van der Waals surface area contributed by atoms with Crippen molar-refractivity contribution in [3.63, 3.8) is 0 Å². The van der Waals surface area contributed by atoms with Crippen LogP contribution in [0.2, 0.25) is 5.02 Å². The molecule has 1 saturated carbocycles. The van der Waals surface area contributed by atoms with E-state index < -0.39 is 0 Å². The summed E-state index contributed by atoms with van der Waals surface area (Å²) >= 11 is 8.39. The number of piperidine rings is 1. The van der Waals surface area contributed by atoms with Gasteiger partial charge in [0.25, 0.3) is 0 Å². The zero-order valence-corrected chi connectivity index (χ0v) is 41.0. The number of fused-ring (bicyclic) bond motifs is 3. The number of nitrogens with one attached hydrogen (secondary N) is 6. The summed E-state index contributed by atoms with van der Waals surface area (Å²) in [7, 11) is 0. The van der Waals surface area contributed by atoms with Gasteiger partial charge in [-0.15, -0.1) is 11.8 Å². The Morgan fingerprint density at radius 1 is 1.03 bits per heavy atom. The number of hydrazine groups is 1. The average Bonchev–Trinajstić information content (AvgIpc) is 4.09. The van der Waals surface area contributed by atoms with Crippen LogP contribution in [0.3, 0.4) is 0 Å². The number of nitriles is 1. The number of aliphatic imine (C=N–C) groups is 1. The van der Waals surface area contributed by atoms with Gasteiger partial charge in [-0.05, 0) is 67.6 Å². The number of carbonyl (C=O) groups is 1. The monoisotopic (exact) mass is 944 g/mol. The fourth-order valence-electron chi connectivity index (χ4n) is 12.9. The lowest BCUT2D eigenvalue weighted by Gasteiger charge is -2.63. The second-order valence-corrected chi connectivity index (χ2v) is 23.3. The standard InChI is InChI=1S/C49H69ClN10O5S/c1-27-28(2)66-43-39(27)40(55-37(20-38-52-16-18-62-38)41-58-57-29(3)60(41)43)30-9-12-33(13-10-30)64-35-21-49(63-25-35)15-8-17-59(26-49)46-53-23-32(24-54-46)42(61)56-44-47(4,5)45(48(44,6)7)65-34-14-11-31(22-51)36(50)19-34/h9-14,19,27-29,32,35,37-39,41,43-46,52-54,57-58H,8,15-18,20-21,23-26H2,1-7H3,(H,56,61)/t27?,28?,29?,32?,35-,37+,38?,39?,41?,43?,44?,45?,46?,49+/m1/s1. The zero-order valence-electron chi connectivity index (χ0n) is 39.4. The maximum Gasteiger partial charge on any atom is 0.225 e. The molecule has 7 heterocycles. The van der Waals surface area contributed by atoms with Crippen LogP contribution in [0.1, 0.15) is 85.3 Å². The molecule has 358 valence electrons. The molecule has 17 heteroatoms. The maximum absolute atomic E-state index is 13.8. The molecule has 7 unspecified atom stereocenters. The van der Waals surface area contributed by atoms with Crippen LogP contribution in [0.15, 0.2) is 47.5 Å². The van der Waals surface area contributed by atoms with Gasteiger partial charge in [-0.1, -0.05) is 53.1 Å². The van der Waals surface area contributed by atoms with Crippen LogP contribution in [0.5, 0.6) is 11.5 Å². The highest BCUT2D eigenvalue weighted by atomic mass is 35.5. The third-order valence-electron chi connectivity index (χ3n) is 16.2. The normalized spacial score (nSPS) is 39.6. The molecular weight excluding hydrogens is 876 g/mol. The Bertz CT molecular complexity index is 2160. The molecule has 2 aromatic carbocycles. The van der Waals surface area contributed by atoms with E-state index in [0.717, 1.165) is 57.7 Å². The van der Waals surface area contributed by atoms with E-state index in [1.165, 1.54) is 11.3 Å². The molecule has 66 heavy (non-hydrogen) atoms. The smallest absolute Gasteiger partial charge is 0.225 e. The SMILES string of the molecule is CC1SC2C(C(c3ccc(O[C@H]4CO[C@@]5(CCCN(C6NCC(C(=O)NC7C(C)(C)C(Oc8ccc(C#N)c(Cl)c8)C7(C)C)CN6)C5)C4)cc3)=N[C@@H](CC3NCCO3)C3NNC(C)N23)C1C. The topological polar surface area (TPSA) is 169 Å². The molecule has 0 radical (unpaired) electrons. The highest BCUT2D eigenvalue weighted by Crippen LogP contribution is 2.56. The van der Waals surface area contributed by atoms with Gasteiger partial charge < -0.3 is 24.3 Å². The van der Waals surface area contributed by atoms with Crippen LogP contribution >= 0.6 is 23.4 Å². The van der Waals surface area contributed by atoms with Crippen molar-refractivity contribution in [2.45, 2.75) is 140 Å². The van der Waals surface area contributed by atoms with E-state index >= 15 is 0 Å². The molecule has 6 saturated heterocycles. The van der Waals surface area contributed by atoms with Gasteiger partial charge in [0.15, 0.2) is 0 Å². The van der Waals surface area contributed by atoms with Crippen LogP contribution in [-0.4, -0.2) is 133 Å². The third kappa shape index (κ3) is 8.67. The van der Waals surface area contributed by atoms with Crippen molar-refractivity contribution in [2.24, 2.45) is 33.6 Å². The molecule has 6 N–H and O–H groups in total. The van der Waals surface area contributed by atoms with Crippen LogP contribution in [0.25, 0.3) is 0 Å². The Hall–Kier alpha value is -3.05. The Labute approximate surface area is 399 Å². The summed E-state index contributed by atoms with van der Waals surface area (Å²) in [5.41, 5.74) is 8.99. The molecule has 10 rings (SSSR count). The first-order valence-corrected chi connectivity index (χ1v) is 25.6. The molecule has 1 aliphatic carbocycles. The highest BCUT2D eigenvalue weighted by Gasteiger charge is 2.64. The van der Waals surface area contributed by atoms with E-state index in [1.54, 1.807) is 18.2 Å². The van der Waals surface area contributed by atoms with Gasteiger partial charge in [0, 0.05) is 85.4 Å². The molecule has 7 aliphatic heterocycles. The number of halogens is 1. The minimum atomic E-state index is -0.327. The van der Waals surface area contributed by atoms with Crippen molar-refractivity contribution in [3.8, 4) is 17.6 Å². The van der Waals surface area contributed by atoms with Crippen molar-refractivity contribution in [1.29, 1.82) is 5.26 Å². The predicted molar refractivity (Wildman–Crippen MR) is 256 cm³/mol. The molecule has 0 bridgehead atoms. The van der Waals surface area contributed by atoms with Crippen molar-refractivity contribution < 1.29 is 23.7 Å². The number of likely N-dealkylation sites (tertiary alicyclic amines) is 1. The summed E-state index contributed by atoms with van der Waals surface area (Å²) in [5, 5.41) is 24.7. The Balaban J connectivity index is 0.733. The van der Waals surface area contributed by atoms with E-state index in [0.29, 0.717) is 58.5 Å². The van der Waals surface area contributed by atoms with Gasteiger partial charge in [-0.25, -0.2) is 10.9 Å². The molecule has 1 spiro atoms. The lowest BCUT2D eigenvalue weighted by atomic mass is 9.49. The molecule has 15 nitrogen and oxygen atoms in total. The van der Waals surface area contributed by atoms with Crippen LogP contribution < -0.4 is 41.6 Å². The van der Waals surface area contributed by atoms with E-state index in [4.69, 9.17) is 35.5 Å². The number of nitrogens with zero attached hydrogens (tertiary/aromatic N) is 4. The zero-order chi connectivity index (χ0) is 46.1. The van der Waals surface area contributed by atoms with Crippen LogP contribution in [0, 0.1) is 39.9 Å². The first-order chi connectivity index (χ1) is 31.6. The number of hydrogen-bond donors (Lipinski definition) is 6. The minimum absolute atomic E-state index is 0.00515. The van der Waals surface area contributed by atoms with E-state index in [9.17, 15) is 10.1 Å². The highest BCUT2D eigenvalue weighted by molar-refractivity contribution is 8.00. The van der Waals surface area contributed by atoms with Gasteiger partial charge in [0.2, 0.25) is 5.91 Å². The van der Waals surface area contributed by atoms with Crippen molar-refractivity contribution in [3.05, 3.63) is 58.6 Å².